The van der Waals surface area contributed by atoms with E-state index in [0.29, 0.717) is 23.0 Å². The van der Waals surface area contributed by atoms with E-state index in [-0.39, 0.29) is 11.3 Å². The van der Waals surface area contributed by atoms with Crippen molar-refractivity contribution < 1.29 is 32.4 Å². The van der Waals surface area contributed by atoms with Crippen LogP contribution in [-0.2, 0) is 14.4 Å². The molecule has 1 aromatic heterocycles. The number of rotatable bonds is 7. The van der Waals surface area contributed by atoms with Gasteiger partial charge in [0.05, 0.1) is 6.04 Å². The summed E-state index contributed by atoms with van der Waals surface area (Å²) < 4.78 is 35.8. The lowest BCUT2D eigenvalue weighted by atomic mass is 9.84. The van der Waals surface area contributed by atoms with Gasteiger partial charge in [-0.1, -0.05) is 37.2 Å². The fourth-order valence-electron chi connectivity index (χ4n) is 4.03. The lowest BCUT2D eigenvalue weighted by Gasteiger charge is -2.29. The van der Waals surface area contributed by atoms with E-state index in [4.69, 9.17) is 4.52 Å². The number of amides is 1. The number of ether oxygens (including phenoxy) is 1. The summed E-state index contributed by atoms with van der Waals surface area (Å²) in [5.41, 5.74) is 1.04. The van der Waals surface area contributed by atoms with E-state index in [1.807, 2.05) is 0 Å². The molecule has 0 radical (unpaired) electrons. The van der Waals surface area contributed by atoms with Gasteiger partial charge in [-0.05, 0) is 30.3 Å². The summed E-state index contributed by atoms with van der Waals surface area (Å²) in [5.74, 6) is -3.68. The van der Waals surface area contributed by atoms with Crippen molar-refractivity contribution in [3.05, 3.63) is 60.0 Å². The number of Topliss-reactive ketones (excluding diaryl/α,β-unsaturated/α-hetero) is 2. The zero-order valence-corrected chi connectivity index (χ0v) is 18.6. The van der Waals surface area contributed by atoms with Gasteiger partial charge in [-0.15, -0.1) is 0 Å². The summed E-state index contributed by atoms with van der Waals surface area (Å²) in [4.78, 5) is 44.5. The Morgan fingerprint density at radius 1 is 1.09 bits per heavy atom. The monoisotopic (exact) mass is 469 g/mol. The molecule has 2 unspecified atom stereocenters. The topological polar surface area (TPSA) is 103 Å². The van der Waals surface area contributed by atoms with E-state index in [2.05, 4.69) is 14.9 Å². The van der Waals surface area contributed by atoms with Crippen LogP contribution >= 0.6 is 0 Å². The average molecular weight is 469 g/mol. The molecule has 2 heterocycles. The average Bonchev–Trinajstić information content (AvgIpc) is 3.34. The quantitative estimate of drug-likeness (QED) is 0.378. The Balaban J connectivity index is 1.82. The van der Waals surface area contributed by atoms with Crippen LogP contribution in [0, 0.1) is 18.8 Å². The molecule has 4 rings (SSSR count). The number of halogens is 2. The molecular weight excluding hydrogens is 448 g/mol. The number of alkyl halides is 2. The predicted molar refractivity (Wildman–Crippen MR) is 116 cm³/mol. The maximum Gasteiger partial charge on any atom is 0.387 e. The zero-order valence-electron chi connectivity index (χ0n) is 18.6. The SMILES string of the molecule is Cc1nc(-c2ccc(N3C(=O)C(=O)C(C(=O)C(C)C)C3c3ccccc3OC(F)F)cc2)no1. The molecule has 1 aliphatic rings. The van der Waals surface area contributed by atoms with Crippen LogP contribution in [-0.4, -0.2) is 34.2 Å². The second-order valence-corrected chi connectivity index (χ2v) is 8.12. The number of hydrogen-bond donors (Lipinski definition) is 0. The molecule has 2 atom stereocenters. The van der Waals surface area contributed by atoms with Crippen LogP contribution in [0.15, 0.2) is 53.1 Å². The van der Waals surface area contributed by atoms with Gasteiger partial charge in [0, 0.05) is 29.7 Å². The second-order valence-electron chi connectivity index (χ2n) is 8.12. The highest BCUT2D eigenvalue weighted by atomic mass is 19.3. The first-order chi connectivity index (χ1) is 16.2. The minimum atomic E-state index is -3.13. The Labute approximate surface area is 193 Å². The van der Waals surface area contributed by atoms with Crippen LogP contribution in [0.25, 0.3) is 11.4 Å². The summed E-state index contributed by atoms with van der Waals surface area (Å²) in [6, 6.07) is 11.1. The molecule has 1 amide bonds. The Morgan fingerprint density at radius 2 is 1.76 bits per heavy atom. The minimum absolute atomic E-state index is 0.138. The molecular formula is C24H21F2N3O5. The molecule has 1 aliphatic heterocycles. The molecule has 0 aliphatic carbocycles. The van der Waals surface area contributed by atoms with Crippen LogP contribution in [0.4, 0.5) is 14.5 Å². The van der Waals surface area contributed by atoms with Gasteiger partial charge in [0.1, 0.15) is 17.5 Å². The molecule has 1 saturated heterocycles. The van der Waals surface area contributed by atoms with Crippen molar-refractivity contribution in [1.82, 2.24) is 10.1 Å². The van der Waals surface area contributed by atoms with Gasteiger partial charge < -0.3 is 9.26 Å². The van der Waals surface area contributed by atoms with E-state index in [0.717, 1.165) is 4.90 Å². The number of nitrogens with zero attached hydrogens (tertiary/aromatic N) is 3. The molecule has 0 bridgehead atoms. The van der Waals surface area contributed by atoms with E-state index in [1.165, 1.54) is 18.2 Å². The minimum Gasteiger partial charge on any atom is -0.434 e. The lowest BCUT2D eigenvalue weighted by molar-refractivity contribution is -0.139. The van der Waals surface area contributed by atoms with Crippen LogP contribution in [0.2, 0.25) is 0 Å². The van der Waals surface area contributed by atoms with Crippen LogP contribution in [0.5, 0.6) is 5.75 Å². The number of aromatic nitrogens is 2. The van der Waals surface area contributed by atoms with E-state index in [9.17, 15) is 23.2 Å². The van der Waals surface area contributed by atoms with Crippen molar-refractivity contribution in [3.8, 4) is 17.1 Å². The van der Waals surface area contributed by atoms with Gasteiger partial charge in [0.15, 0.2) is 0 Å². The molecule has 176 valence electrons. The Hall–Kier alpha value is -3.95. The zero-order chi connectivity index (χ0) is 24.6. The van der Waals surface area contributed by atoms with Gasteiger partial charge in [-0.25, -0.2) is 0 Å². The van der Waals surface area contributed by atoms with Crippen molar-refractivity contribution in [2.45, 2.75) is 33.4 Å². The Kier molecular flexibility index (Phi) is 6.23. The molecule has 0 spiro atoms. The second kappa shape index (κ2) is 9.12. The van der Waals surface area contributed by atoms with Gasteiger partial charge in [0.25, 0.3) is 5.91 Å². The number of ketones is 2. The third-order valence-electron chi connectivity index (χ3n) is 5.57. The first-order valence-corrected chi connectivity index (χ1v) is 10.5. The van der Waals surface area contributed by atoms with E-state index in [1.54, 1.807) is 51.1 Å². The molecule has 2 aromatic carbocycles. The molecule has 34 heavy (non-hydrogen) atoms. The Bertz CT molecular complexity index is 1240. The third kappa shape index (κ3) is 4.18. The fourth-order valence-corrected chi connectivity index (χ4v) is 4.03. The van der Waals surface area contributed by atoms with Crippen molar-refractivity contribution >= 4 is 23.2 Å². The Morgan fingerprint density at radius 3 is 2.35 bits per heavy atom. The summed E-state index contributed by atoms with van der Waals surface area (Å²) in [5, 5.41) is 3.84. The van der Waals surface area contributed by atoms with Crippen LogP contribution in [0.1, 0.15) is 31.3 Å². The van der Waals surface area contributed by atoms with Gasteiger partial charge in [-0.3, -0.25) is 19.3 Å². The van der Waals surface area contributed by atoms with Crippen LogP contribution < -0.4 is 9.64 Å². The number of anilines is 1. The van der Waals surface area contributed by atoms with E-state index >= 15 is 0 Å². The number of aryl methyl sites for hydroxylation is 1. The molecule has 0 N–H and O–H groups in total. The summed E-state index contributed by atoms with van der Waals surface area (Å²) in [7, 11) is 0. The normalized spacial score (nSPS) is 18.3. The fraction of sp³-hybridized carbons (Fsp3) is 0.292. The number of benzene rings is 2. The highest BCUT2D eigenvalue weighted by Crippen LogP contribution is 2.44. The molecule has 8 nitrogen and oxygen atoms in total. The maximum atomic E-state index is 13.1. The van der Waals surface area contributed by atoms with Crippen molar-refractivity contribution in [2.24, 2.45) is 11.8 Å². The highest BCUT2D eigenvalue weighted by molar-refractivity contribution is 6.48. The van der Waals surface area contributed by atoms with Crippen molar-refractivity contribution in [2.75, 3.05) is 4.90 Å². The standard InChI is InChI=1S/C24H21F2N3O5/c1-12(2)20(30)18-19(16-6-4-5-7-17(16)33-24(25)26)29(23(32)21(18)31)15-10-8-14(9-11-15)22-27-13(3)34-28-22/h4-12,18-19,24H,1-3H3. The molecule has 0 saturated carbocycles. The van der Waals surface area contributed by atoms with Gasteiger partial charge >= 0.3 is 6.61 Å². The summed E-state index contributed by atoms with van der Waals surface area (Å²) >= 11 is 0. The number of para-hydroxylation sites is 1. The van der Waals surface area contributed by atoms with E-state index < -0.39 is 42.0 Å². The first kappa shape index (κ1) is 23.2. The highest BCUT2D eigenvalue weighted by Gasteiger charge is 2.53. The van der Waals surface area contributed by atoms with Gasteiger partial charge in [0.2, 0.25) is 17.5 Å². The maximum absolute atomic E-state index is 13.1. The van der Waals surface area contributed by atoms with Gasteiger partial charge in [-0.2, -0.15) is 13.8 Å². The largest absolute Gasteiger partial charge is 0.434 e. The lowest BCUT2D eigenvalue weighted by Crippen LogP contribution is -2.32. The summed E-state index contributed by atoms with van der Waals surface area (Å²) in [6.07, 6.45) is 0. The molecule has 10 heteroatoms. The van der Waals surface area contributed by atoms with Crippen molar-refractivity contribution in [3.63, 3.8) is 0 Å². The number of hydrogen-bond acceptors (Lipinski definition) is 7. The molecule has 1 fully saturated rings. The molecule has 3 aromatic rings. The smallest absolute Gasteiger partial charge is 0.387 e. The number of carbonyl (C=O) groups excluding carboxylic acids is 3. The first-order valence-electron chi connectivity index (χ1n) is 10.5. The number of carbonyl (C=O) groups is 3. The third-order valence-corrected chi connectivity index (χ3v) is 5.57. The van der Waals surface area contributed by atoms with Crippen LogP contribution in [0.3, 0.4) is 0 Å². The van der Waals surface area contributed by atoms with Crippen molar-refractivity contribution in [1.29, 1.82) is 0 Å². The summed E-state index contributed by atoms with van der Waals surface area (Å²) in [6.45, 7) is 1.75. The predicted octanol–water partition coefficient (Wildman–Crippen LogP) is 4.14.